The fourth-order valence-corrected chi connectivity index (χ4v) is 5.06. The molecule has 0 heterocycles. The Morgan fingerprint density at radius 1 is 0.909 bits per heavy atom. The van der Waals surface area contributed by atoms with Crippen molar-refractivity contribution < 1.29 is 17.9 Å². The fourth-order valence-electron chi connectivity index (χ4n) is 3.72. The third-order valence-electron chi connectivity index (χ3n) is 5.34. The number of para-hydroxylation sites is 2. The maximum atomic E-state index is 13.1. The van der Waals surface area contributed by atoms with Crippen LogP contribution in [0.4, 0.5) is 11.4 Å². The highest BCUT2D eigenvalue weighted by Gasteiger charge is 2.20. The second kappa shape index (κ2) is 9.34. The molecule has 4 aromatic carbocycles. The highest BCUT2D eigenvalue weighted by Crippen LogP contribution is 2.28. The van der Waals surface area contributed by atoms with Crippen LogP contribution in [0.15, 0.2) is 89.8 Å². The third kappa shape index (κ3) is 4.99. The van der Waals surface area contributed by atoms with Crippen LogP contribution in [0, 0.1) is 6.92 Å². The molecule has 0 saturated carbocycles. The van der Waals surface area contributed by atoms with Gasteiger partial charge in [-0.05, 0) is 53.1 Å². The molecule has 7 heteroatoms. The van der Waals surface area contributed by atoms with Crippen LogP contribution in [-0.2, 0) is 21.2 Å². The first-order valence-electron chi connectivity index (χ1n) is 10.4. The zero-order valence-corrected chi connectivity index (χ0v) is 19.1. The van der Waals surface area contributed by atoms with Crippen molar-refractivity contribution in [3.63, 3.8) is 0 Å². The van der Waals surface area contributed by atoms with E-state index >= 15 is 0 Å². The Morgan fingerprint density at radius 2 is 1.64 bits per heavy atom. The Morgan fingerprint density at radius 3 is 2.45 bits per heavy atom. The largest absolute Gasteiger partial charge is 0.495 e. The van der Waals surface area contributed by atoms with Crippen LogP contribution < -0.4 is 14.8 Å². The van der Waals surface area contributed by atoms with Gasteiger partial charge in [0.05, 0.1) is 24.1 Å². The number of hydrogen-bond donors (Lipinski definition) is 2. The van der Waals surface area contributed by atoms with Crippen molar-refractivity contribution in [1.82, 2.24) is 0 Å². The minimum atomic E-state index is -3.90. The lowest BCUT2D eigenvalue weighted by molar-refractivity contribution is -0.115. The van der Waals surface area contributed by atoms with E-state index in [1.807, 2.05) is 42.5 Å². The van der Waals surface area contributed by atoms with Gasteiger partial charge in [0.1, 0.15) is 5.75 Å². The van der Waals surface area contributed by atoms with Gasteiger partial charge in [0.25, 0.3) is 10.0 Å². The fraction of sp³-hybridized carbons (Fsp3) is 0.115. The lowest BCUT2D eigenvalue weighted by Gasteiger charge is -2.14. The number of rotatable bonds is 7. The number of fused-ring (bicyclic) bond motifs is 1. The minimum absolute atomic E-state index is 0.0800. The van der Waals surface area contributed by atoms with Crippen LogP contribution in [0.5, 0.6) is 5.75 Å². The van der Waals surface area contributed by atoms with Crippen LogP contribution in [0.3, 0.4) is 0 Å². The SMILES string of the molecule is COc1ccccc1NS(=O)(=O)c1cc(NC(=O)Cc2cccc3ccccc23)ccc1C. The quantitative estimate of drug-likeness (QED) is 0.400. The average Bonchev–Trinajstić information content (AvgIpc) is 2.80. The first kappa shape index (κ1) is 22.4. The number of carbonyl (C=O) groups is 1. The Labute approximate surface area is 193 Å². The Balaban J connectivity index is 1.56. The molecule has 0 saturated heterocycles. The summed E-state index contributed by atoms with van der Waals surface area (Å²) in [6.07, 6.45) is 0.177. The van der Waals surface area contributed by atoms with Gasteiger partial charge < -0.3 is 10.1 Å². The second-order valence-corrected chi connectivity index (χ2v) is 9.30. The normalized spacial score (nSPS) is 11.2. The summed E-state index contributed by atoms with van der Waals surface area (Å²) in [6, 6.07) is 25.3. The summed E-state index contributed by atoms with van der Waals surface area (Å²) in [6.45, 7) is 1.71. The lowest BCUT2D eigenvalue weighted by Crippen LogP contribution is -2.17. The Bertz CT molecular complexity index is 1430. The molecule has 4 aromatic rings. The summed E-state index contributed by atoms with van der Waals surface area (Å²) in [7, 11) is -2.43. The van der Waals surface area contributed by atoms with Crippen molar-refractivity contribution in [2.24, 2.45) is 0 Å². The number of aryl methyl sites for hydroxylation is 1. The Hall–Kier alpha value is -3.84. The van der Waals surface area contributed by atoms with Crippen LogP contribution in [0.25, 0.3) is 10.8 Å². The zero-order chi connectivity index (χ0) is 23.4. The van der Waals surface area contributed by atoms with Crippen LogP contribution in [0.1, 0.15) is 11.1 Å². The smallest absolute Gasteiger partial charge is 0.262 e. The molecular formula is C26H24N2O4S. The van der Waals surface area contributed by atoms with E-state index < -0.39 is 10.0 Å². The summed E-state index contributed by atoms with van der Waals surface area (Å²) in [5.41, 5.74) is 2.21. The molecule has 33 heavy (non-hydrogen) atoms. The van der Waals surface area contributed by atoms with Gasteiger partial charge in [-0.1, -0.05) is 60.7 Å². The highest BCUT2D eigenvalue weighted by atomic mass is 32.2. The van der Waals surface area contributed by atoms with E-state index in [1.165, 1.54) is 13.2 Å². The van der Waals surface area contributed by atoms with Gasteiger partial charge in [0, 0.05) is 5.69 Å². The molecule has 1 amide bonds. The first-order valence-corrected chi connectivity index (χ1v) is 11.9. The maximum absolute atomic E-state index is 13.1. The van der Waals surface area contributed by atoms with E-state index in [9.17, 15) is 13.2 Å². The van der Waals surface area contributed by atoms with Crippen molar-refractivity contribution in [2.45, 2.75) is 18.2 Å². The lowest BCUT2D eigenvalue weighted by atomic mass is 10.0. The number of hydrogen-bond acceptors (Lipinski definition) is 4. The number of nitrogens with one attached hydrogen (secondary N) is 2. The molecule has 4 rings (SSSR count). The molecule has 0 bridgehead atoms. The summed E-state index contributed by atoms with van der Waals surface area (Å²) in [5, 5.41) is 4.91. The topological polar surface area (TPSA) is 84.5 Å². The van der Waals surface area contributed by atoms with Crippen molar-refractivity contribution in [1.29, 1.82) is 0 Å². The van der Waals surface area contributed by atoms with E-state index in [1.54, 1.807) is 43.3 Å². The number of amides is 1. The molecule has 0 spiro atoms. The van der Waals surface area contributed by atoms with Crippen molar-refractivity contribution in [3.05, 3.63) is 96.1 Å². The van der Waals surface area contributed by atoms with Crippen molar-refractivity contribution in [3.8, 4) is 5.75 Å². The molecule has 0 aliphatic carbocycles. The van der Waals surface area contributed by atoms with Gasteiger partial charge in [-0.25, -0.2) is 8.42 Å². The molecule has 0 atom stereocenters. The van der Waals surface area contributed by atoms with Crippen LogP contribution in [-0.4, -0.2) is 21.4 Å². The molecule has 6 nitrogen and oxygen atoms in total. The van der Waals surface area contributed by atoms with E-state index in [0.717, 1.165) is 16.3 Å². The maximum Gasteiger partial charge on any atom is 0.262 e. The second-order valence-electron chi connectivity index (χ2n) is 7.65. The summed E-state index contributed by atoms with van der Waals surface area (Å²) < 4.78 is 34.0. The van der Waals surface area contributed by atoms with Crippen LogP contribution >= 0.6 is 0 Å². The number of sulfonamides is 1. The molecule has 0 radical (unpaired) electrons. The van der Waals surface area contributed by atoms with Gasteiger partial charge in [0.15, 0.2) is 0 Å². The van der Waals surface area contributed by atoms with Crippen molar-refractivity contribution >= 4 is 38.1 Å². The summed E-state index contributed by atoms with van der Waals surface area (Å²) in [5.74, 6) is 0.189. The van der Waals surface area contributed by atoms with E-state index in [0.29, 0.717) is 22.7 Å². The van der Waals surface area contributed by atoms with Gasteiger partial charge in [-0.15, -0.1) is 0 Å². The Kier molecular flexibility index (Phi) is 6.33. The molecule has 0 aliphatic rings. The summed E-state index contributed by atoms with van der Waals surface area (Å²) in [4.78, 5) is 12.8. The number of anilines is 2. The van der Waals surface area contributed by atoms with Crippen molar-refractivity contribution in [2.75, 3.05) is 17.1 Å². The predicted molar refractivity (Wildman–Crippen MR) is 131 cm³/mol. The third-order valence-corrected chi connectivity index (χ3v) is 6.85. The predicted octanol–water partition coefficient (Wildman–Crippen LogP) is 5.14. The number of methoxy groups -OCH3 is 1. The standard InChI is InChI=1S/C26H24N2O4S/c1-18-14-15-21(17-25(18)33(30,31)28-23-12-5-6-13-24(23)32-2)27-26(29)16-20-10-7-9-19-8-3-4-11-22(19)20/h3-15,17,28H,16H2,1-2H3,(H,27,29). The van der Waals surface area contributed by atoms with Gasteiger partial charge in [-0.2, -0.15) is 0 Å². The van der Waals surface area contributed by atoms with E-state index in [-0.39, 0.29) is 17.2 Å². The van der Waals surface area contributed by atoms with E-state index in [2.05, 4.69) is 10.0 Å². The first-order chi connectivity index (χ1) is 15.9. The van der Waals surface area contributed by atoms with Gasteiger partial charge >= 0.3 is 0 Å². The molecule has 2 N–H and O–H groups in total. The zero-order valence-electron chi connectivity index (χ0n) is 18.3. The molecule has 0 aromatic heterocycles. The number of ether oxygens (including phenoxy) is 1. The highest BCUT2D eigenvalue weighted by molar-refractivity contribution is 7.92. The monoisotopic (exact) mass is 460 g/mol. The average molecular weight is 461 g/mol. The van der Waals surface area contributed by atoms with E-state index in [4.69, 9.17) is 4.74 Å². The number of carbonyl (C=O) groups excluding carboxylic acids is 1. The van der Waals surface area contributed by atoms with Gasteiger partial charge in [0.2, 0.25) is 5.91 Å². The summed E-state index contributed by atoms with van der Waals surface area (Å²) >= 11 is 0. The molecule has 0 fully saturated rings. The van der Waals surface area contributed by atoms with Crippen LogP contribution in [0.2, 0.25) is 0 Å². The molecular weight excluding hydrogens is 436 g/mol. The van der Waals surface area contributed by atoms with Gasteiger partial charge in [-0.3, -0.25) is 9.52 Å². The molecule has 0 unspecified atom stereocenters. The minimum Gasteiger partial charge on any atom is -0.495 e. The molecule has 168 valence electrons. The number of benzene rings is 4. The molecule has 0 aliphatic heterocycles.